The van der Waals surface area contributed by atoms with E-state index in [1.807, 2.05) is 0 Å². The predicted octanol–water partition coefficient (Wildman–Crippen LogP) is 2.36. The van der Waals surface area contributed by atoms with Gasteiger partial charge in [-0.2, -0.15) is 11.3 Å². The summed E-state index contributed by atoms with van der Waals surface area (Å²) >= 11 is 1.80. The summed E-state index contributed by atoms with van der Waals surface area (Å²) in [6.45, 7) is 5.04. The van der Waals surface area contributed by atoms with E-state index >= 15 is 0 Å². The molecule has 1 aromatic heterocycles. The second-order valence-corrected chi connectivity index (χ2v) is 6.25. The zero-order valence-electron chi connectivity index (χ0n) is 10.4. The molecule has 17 heavy (non-hydrogen) atoms. The summed E-state index contributed by atoms with van der Waals surface area (Å²) in [5.41, 5.74) is 1.48. The summed E-state index contributed by atoms with van der Waals surface area (Å²) in [6.07, 6.45) is 5.50. The smallest absolute Gasteiger partial charge is 0.00965 e. The van der Waals surface area contributed by atoms with Gasteiger partial charge >= 0.3 is 0 Å². The van der Waals surface area contributed by atoms with Crippen LogP contribution in [0.3, 0.4) is 0 Å². The van der Waals surface area contributed by atoms with Crippen molar-refractivity contribution < 1.29 is 0 Å². The van der Waals surface area contributed by atoms with E-state index in [4.69, 9.17) is 0 Å². The SMILES string of the molecule is c1cc(CCNCC2CCN(C3CC3)C2)cs1. The van der Waals surface area contributed by atoms with E-state index in [0.29, 0.717) is 0 Å². The first kappa shape index (κ1) is 11.7. The largest absolute Gasteiger partial charge is 0.316 e. The number of likely N-dealkylation sites (tertiary alicyclic amines) is 1. The van der Waals surface area contributed by atoms with Crippen molar-refractivity contribution in [2.75, 3.05) is 26.2 Å². The highest BCUT2D eigenvalue weighted by molar-refractivity contribution is 7.07. The number of nitrogens with zero attached hydrogens (tertiary/aromatic N) is 1. The molecule has 1 aliphatic carbocycles. The van der Waals surface area contributed by atoms with E-state index in [0.717, 1.165) is 18.5 Å². The molecule has 2 fully saturated rings. The Balaban J connectivity index is 1.30. The molecule has 0 spiro atoms. The van der Waals surface area contributed by atoms with Crippen LogP contribution in [0.15, 0.2) is 16.8 Å². The summed E-state index contributed by atoms with van der Waals surface area (Å²) in [7, 11) is 0. The first-order chi connectivity index (χ1) is 8.42. The highest BCUT2D eigenvalue weighted by atomic mass is 32.1. The summed E-state index contributed by atoms with van der Waals surface area (Å²) in [4.78, 5) is 2.70. The first-order valence-corrected chi connectivity index (χ1v) is 7.82. The average Bonchev–Trinajstić information content (AvgIpc) is 2.89. The van der Waals surface area contributed by atoms with Crippen LogP contribution >= 0.6 is 11.3 Å². The summed E-state index contributed by atoms with van der Waals surface area (Å²) in [5, 5.41) is 8.05. The molecule has 0 radical (unpaired) electrons. The van der Waals surface area contributed by atoms with E-state index in [2.05, 4.69) is 27.0 Å². The van der Waals surface area contributed by atoms with Crippen LogP contribution in [0.4, 0.5) is 0 Å². The van der Waals surface area contributed by atoms with Gasteiger partial charge in [0.05, 0.1) is 0 Å². The molecular formula is C14H22N2S. The first-order valence-electron chi connectivity index (χ1n) is 6.87. The Morgan fingerprint density at radius 3 is 3.06 bits per heavy atom. The maximum Gasteiger partial charge on any atom is 0.00965 e. The average molecular weight is 250 g/mol. The lowest BCUT2D eigenvalue weighted by Gasteiger charge is -2.15. The molecule has 1 aromatic rings. The third-order valence-electron chi connectivity index (χ3n) is 3.98. The van der Waals surface area contributed by atoms with Crippen molar-refractivity contribution in [3.05, 3.63) is 22.4 Å². The summed E-state index contributed by atoms with van der Waals surface area (Å²) in [5.74, 6) is 0.901. The monoisotopic (exact) mass is 250 g/mol. The summed E-state index contributed by atoms with van der Waals surface area (Å²) < 4.78 is 0. The molecule has 1 saturated heterocycles. The fourth-order valence-electron chi connectivity index (χ4n) is 2.77. The minimum Gasteiger partial charge on any atom is -0.316 e. The molecule has 0 aromatic carbocycles. The Kier molecular flexibility index (Phi) is 3.79. The molecule has 0 bridgehead atoms. The minimum atomic E-state index is 0.901. The number of hydrogen-bond donors (Lipinski definition) is 1. The van der Waals surface area contributed by atoms with Gasteiger partial charge in [-0.05, 0) is 73.6 Å². The van der Waals surface area contributed by atoms with Crippen LogP contribution in [0.25, 0.3) is 0 Å². The van der Waals surface area contributed by atoms with Gasteiger partial charge in [0.25, 0.3) is 0 Å². The second kappa shape index (κ2) is 5.51. The minimum absolute atomic E-state index is 0.901. The van der Waals surface area contributed by atoms with Crippen LogP contribution < -0.4 is 5.32 Å². The molecule has 1 N–H and O–H groups in total. The van der Waals surface area contributed by atoms with E-state index in [1.54, 1.807) is 11.3 Å². The second-order valence-electron chi connectivity index (χ2n) is 5.47. The third kappa shape index (κ3) is 3.30. The third-order valence-corrected chi connectivity index (χ3v) is 4.72. The molecular weight excluding hydrogens is 228 g/mol. The van der Waals surface area contributed by atoms with Crippen molar-refractivity contribution >= 4 is 11.3 Å². The van der Waals surface area contributed by atoms with Crippen molar-refractivity contribution in [2.45, 2.75) is 31.7 Å². The number of nitrogens with one attached hydrogen (secondary N) is 1. The molecule has 1 saturated carbocycles. The molecule has 0 amide bonds. The van der Waals surface area contributed by atoms with Gasteiger partial charge in [0.15, 0.2) is 0 Å². The predicted molar refractivity (Wildman–Crippen MR) is 73.6 cm³/mol. The van der Waals surface area contributed by atoms with Gasteiger partial charge in [0.2, 0.25) is 0 Å². The van der Waals surface area contributed by atoms with Crippen LogP contribution in [0, 0.1) is 5.92 Å². The Hall–Kier alpha value is -0.380. The normalized spacial score (nSPS) is 25.5. The lowest BCUT2D eigenvalue weighted by atomic mass is 10.1. The Morgan fingerprint density at radius 1 is 1.35 bits per heavy atom. The van der Waals surface area contributed by atoms with E-state index < -0.39 is 0 Å². The quantitative estimate of drug-likeness (QED) is 0.780. The molecule has 94 valence electrons. The van der Waals surface area contributed by atoms with Crippen LogP contribution in [0.5, 0.6) is 0 Å². The Labute approximate surface area is 108 Å². The van der Waals surface area contributed by atoms with Gasteiger partial charge in [0.1, 0.15) is 0 Å². The van der Waals surface area contributed by atoms with Crippen LogP contribution in [0.1, 0.15) is 24.8 Å². The molecule has 3 heteroatoms. The highest BCUT2D eigenvalue weighted by Crippen LogP contribution is 2.31. The van der Waals surface area contributed by atoms with E-state index in [1.165, 1.54) is 50.9 Å². The summed E-state index contributed by atoms with van der Waals surface area (Å²) in [6, 6.07) is 3.20. The fourth-order valence-corrected chi connectivity index (χ4v) is 3.48. The van der Waals surface area contributed by atoms with Crippen molar-refractivity contribution in [1.29, 1.82) is 0 Å². The molecule has 3 rings (SSSR count). The van der Waals surface area contributed by atoms with E-state index in [9.17, 15) is 0 Å². The van der Waals surface area contributed by atoms with Gasteiger partial charge in [-0.1, -0.05) is 0 Å². The van der Waals surface area contributed by atoms with Crippen molar-refractivity contribution in [1.82, 2.24) is 10.2 Å². The van der Waals surface area contributed by atoms with Gasteiger partial charge in [-0.15, -0.1) is 0 Å². The Morgan fingerprint density at radius 2 is 2.29 bits per heavy atom. The zero-order valence-corrected chi connectivity index (χ0v) is 11.2. The Bertz CT molecular complexity index is 332. The van der Waals surface area contributed by atoms with Crippen LogP contribution in [0.2, 0.25) is 0 Å². The lowest BCUT2D eigenvalue weighted by Crippen LogP contribution is -2.28. The van der Waals surface area contributed by atoms with Crippen molar-refractivity contribution in [3.63, 3.8) is 0 Å². The van der Waals surface area contributed by atoms with E-state index in [-0.39, 0.29) is 0 Å². The molecule has 1 unspecified atom stereocenters. The number of thiophene rings is 1. The van der Waals surface area contributed by atoms with Crippen LogP contribution in [-0.4, -0.2) is 37.1 Å². The zero-order chi connectivity index (χ0) is 11.5. The van der Waals surface area contributed by atoms with Gasteiger partial charge in [-0.25, -0.2) is 0 Å². The fraction of sp³-hybridized carbons (Fsp3) is 0.714. The molecule has 2 aliphatic rings. The van der Waals surface area contributed by atoms with Gasteiger partial charge in [-0.3, -0.25) is 0 Å². The van der Waals surface area contributed by atoms with Gasteiger partial charge < -0.3 is 10.2 Å². The standard InChI is InChI=1S/C14H22N2S/c1-2-14(1)16-7-4-13(10-16)9-15-6-3-12-5-8-17-11-12/h5,8,11,13-15H,1-4,6-7,9-10H2. The molecule has 1 aliphatic heterocycles. The number of hydrogen-bond acceptors (Lipinski definition) is 3. The van der Waals surface area contributed by atoms with Crippen molar-refractivity contribution in [2.24, 2.45) is 5.92 Å². The highest BCUT2D eigenvalue weighted by Gasteiger charge is 2.33. The molecule has 2 nitrogen and oxygen atoms in total. The number of rotatable bonds is 6. The van der Waals surface area contributed by atoms with Crippen molar-refractivity contribution in [3.8, 4) is 0 Å². The topological polar surface area (TPSA) is 15.3 Å². The lowest BCUT2D eigenvalue weighted by molar-refractivity contribution is 0.312. The van der Waals surface area contributed by atoms with Gasteiger partial charge in [0, 0.05) is 12.6 Å². The molecule has 1 atom stereocenters. The molecule has 2 heterocycles. The van der Waals surface area contributed by atoms with Crippen LogP contribution in [-0.2, 0) is 6.42 Å². The maximum absolute atomic E-state index is 3.62. The maximum atomic E-state index is 3.62.